The number of nitro groups is 1. The summed E-state index contributed by atoms with van der Waals surface area (Å²) in [6.07, 6.45) is 4.70. The first-order valence-electron chi connectivity index (χ1n) is 11.5. The lowest BCUT2D eigenvalue weighted by molar-refractivity contribution is -0.384. The molecule has 2 aromatic heterocycles. The van der Waals surface area contributed by atoms with E-state index >= 15 is 0 Å². The highest BCUT2D eigenvalue weighted by atomic mass is 16.6. The SMILES string of the molecule is O=C(NN=Cc1cc(-c2ccccc2)n(-c2ccc([N+](=O)[O-])cc2)c1-c1ccccc1)c1ccncc1. The Hall–Kier alpha value is -5.37. The van der Waals surface area contributed by atoms with Crippen molar-refractivity contribution in [1.82, 2.24) is 15.0 Å². The Labute approximate surface area is 212 Å². The number of nitro benzene ring substituents is 1. The zero-order chi connectivity index (χ0) is 25.6. The van der Waals surface area contributed by atoms with Crippen LogP contribution in [0.1, 0.15) is 15.9 Å². The molecule has 1 amide bonds. The molecule has 37 heavy (non-hydrogen) atoms. The fourth-order valence-electron chi connectivity index (χ4n) is 4.06. The molecule has 0 aliphatic carbocycles. The van der Waals surface area contributed by atoms with Crippen LogP contribution in [0.3, 0.4) is 0 Å². The number of carbonyl (C=O) groups excluding carboxylic acids is 1. The minimum atomic E-state index is -0.417. The molecule has 0 unspecified atom stereocenters. The van der Waals surface area contributed by atoms with Crippen LogP contribution >= 0.6 is 0 Å². The molecule has 180 valence electrons. The highest BCUT2D eigenvalue weighted by Gasteiger charge is 2.19. The number of hydrazone groups is 1. The Kier molecular flexibility index (Phi) is 6.63. The number of amides is 1. The highest BCUT2D eigenvalue weighted by molar-refractivity contribution is 5.97. The van der Waals surface area contributed by atoms with Gasteiger partial charge in [-0.3, -0.25) is 19.9 Å². The van der Waals surface area contributed by atoms with Crippen molar-refractivity contribution < 1.29 is 9.72 Å². The standard InChI is InChI=1S/C29H21N5O3/c35-29(23-15-17-30-18-16-23)32-31-20-24-19-27(21-7-3-1-4-8-21)33(28(24)22-9-5-2-6-10-22)25-11-13-26(14-12-25)34(36)37/h1-20H,(H,32,35). The quantitative estimate of drug-likeness (QED) is 0.176. The fourth-order valence-corrected chi connectivity index (χ4v) is 4.06. The van der Waals surface area contributed by atoms with E-state index in [1.165, 1.54) is 12.1 Å². The zero-order valence-electron chi connectivity index (χ0n) is 19.6. The molecule has 5 aromatic rings. The third-order valence-corrected chi connectivity index (χ3v) is 5.78. The summed E-state index contributed by atoms with van der Waals surface area (Å²) >= 11 is 0. The lowest BCUT2D eigenvalue weighted by Crippen LogP contribution is -2.17. The van der Waals surface area contributed by atoms with Gasteiger partial charge in [-0.1, -0.05) is 60.7 Å². The van der Waals surface area contributed by atoms with Crippen molar-refractivity contribution in [3.63, 3.8) is 0 Å². The molecule has 8 nitrogen and oxygen atoms in total. The van der Waals surface area contributed by atoms with E-state index in [9.17, 15) is 14.9 Å². The molecule has 0 bridgehead atoms. The highest BCUT2D eigenvalue weighted by Crippen LogP contribution is 2.35. The number of aromatic nitrogens is 2. The second kappa shape index (κ2) is 10.5. The lowest BCUT2D eigenvalue weighted by Gasteiger charge is -2.15. The fraction of sp³-hybridized carbons (Fsp3) is 0. The number of carbonyl (C=O) groups is 1. The molecule has 0 atom stereocenters. The Balaban J connectivity index is 1.65. The van der Waals surface area contributed by atoms with E-state index in [0.717, 1.165) is 33.8 Å². The van der Waals surface area contributed by atoms with Crippen LogP contribution < -0.4 is 5.43 Å². The maximum atomic E-state index is 12.5. The van der Waals surface area contributed by atoms with Gasteiger partial charge in [-0.05, 0) is 41.5 Å². The third kappa shape index (κ3) is 5.03. The number of hydrogen-bond donors (Lipinski definition) is 1. The second-order valence-electron chi connectivity index (χ2n) is 8.11. The van der Waals surface area contributed by atoms with Crippen LogP contribution in [-0.4, -0.2) is 26.6 Å². The van der Waals surface area contributed by atoms with E-state index < -0.39 is 4.92 Å². The van der Waals surface area contributed by atoms with Crippen LogP contribution in [-0.2, 0) is 0 Å². The van der Waals surface area contributed by atoms with Crippen LogP contribution in [0.5, 0.6) is 0 Å². The molecule has 0 saturated heterocycles. The second-order valence-corrected chi connectivity index (χ2v) is 8.11. The predicted octanol–water partition coefficient (Wildman–Crippen LogP) is 5.88. The number of pyridine rings is 1. The maximum absolute atomic E-state index is 12.5. The molecule has 0 aliphatic rings. The van der Waals surface area contributed by atoms with E-state index in [4.69, 9.17) is 0 Å². The van der Waals surface area contributed by atoms with Gasteiger partial charge in [0.15, 0.2) is 0 Å². The van der Waals surface area contributed by atoms with Crippen molar-refractivity contribution in [3.05, 3.63) is 137 Å². The normalized spacial score (nSPS) is 10.9. The van der Waals surface area contributed by atoms with Crippen molar-refractivity contribution in [2.45, 2.75) is 0 Å². The largest absolute Gasteiger partial charge is 0.309 e. The van der Waals surface area contributed by atoms with Crippen molar-refractivity contribution in [3.8, 4) is 28.2 Å². The molecule has 8 heteroatoms. The van der Waals surface area contributed by atoms with Crippen LogP contribution in [0, 0.1) is 10.1 Å². The predicted molar refractivity (Wildman–Crippen MR) is 143 cm³/mol. The molecule has 0 saturated carbocycles. The van der Waals surface area contributed by atoms with Crippen molar-refractivity contribution in [1.29, 1.82) is 0 Å². The Morgan fingerprint density at radius 2 is 1.49 bits per heavy atom. The van der Waals surface area contributed by atoms with Gasteiger partial charge in [0.2, 0.25) is 0 Å². The number of nitrogens with one attached hydrogen (secondary N) is 1. The number of nitrogens with zero attached hydrogens (tertiary/aromatic N) is 4. The van der Waals surface area contributed by atoms with Crippen LogP contribution in [0.2, 0.25) is 0 Å². The molecule has 0 radical (unpaired) electrons. The van der Waals surface area contributed by atoms with Crippen LogP contribution in [0.4, 0.5) is 5.69 Å². The summed E-state index contributed by atoms with van der Waals surface area (Å²) in [5.41, 5.74) is 8.13. The smallest absolute Gasteiger partial charge is 0.271 e. The maximum Gasteiger partial charge on any atom is 0.271 e. The van der Waals surface area contributed by atoms with Gasteiger partial charge in [-0.2, -0.15) is 5.10 Å². The average Bonchev–Trinajstić information content (AvgIpc) is 3.34. The molecule has 1 N–H and O–H groups in total. The lowest BCUT2D eigenvalue weighted by atomic mass is 10.1. The van der Waals surface area contributed by atoms with Crippen molar-refractivity contribution >= 4 is 17.8 Å². The summed E-state index contributed by atoms with van der Waals surface area (Å²) in [4.78, 5) is 27.2. The number of rotatable bonds is 7. The van der Waals surface area contributed by atoms with Crippen molar-refractivity contribution in [2.75, 3.05) is 0 Å². The molecule has 0 aliphatic heterocycles. The number of hydrogen-bond acceptors (Lipinski definition) is 5. The molecule has 2 heterocycles. The molecular weight excluding hydrogens is 466 g/mol. The summed E-state index contributed by atoms with van der Waals surface area (Å²) in [7, 11) is 0. The van der Waals surface area contributed by atoms with Crippen molar-refractivity contribution in [2.24, 2.45) is 5.10 Å². The summed E-state index contributed by atoms with van der Waals surface area (Å²) in [6.45, 7) is 0. The van der Waals surface area contributed by atoms with E-state index in [0.29, 0.717) is 5.56 Å². The van der Waals surface area contributed by atoms with Gasteiger partial charge in [-0.25, -0.2) is 5.43 Å². The minimum absolute atomic E-state index is 0.0130. The first kappa shape index (κ1) is 23.4. The summed E-state index contributed by atoms with van der Waals surface area (Å²) in [5, 5.41) is 15.5. The Morgan fingerprint density at radius 1 is 0.865 bits per heavy atom. The van der Waals surface area contributed by atoms with Gasteiger partial charge < -0.3 is 4.57 Å². The molecular formula is C29H21N5O3. The molecule has 5 rings (SSSR count). The first-order valence-corrected chi connectivity index (χ1v) is 11.5. The average molecular weight is 488 g/mol. The van der Waals surface area contributed by atoms with Gasteiger partial charge in [0.25, 0.3) is 11.6 Å². The van der Waals surface area contributed by atoms with Gasteiger partial charge in [-0.15, -0.1) is 0 Å². The number of benzene rings is 3. The summed E-state index contributed by atoms with van der Waals surface area (Å²) < 4.78 is 2.04. The van der Waals surface area contributed by atoms with Gasteiger partial charge in [0.05, 0.1) is 22.5 Å². The van der Waals surface area contributed by atoms with Gasteiger partial charge in [0, 0.05) is 41.3 Å². The zero-order valence-corrected chi connectivity index (χ0v) is 19.6. The molecule has 3 aromatic carbocycles. The molecule has 0 fully saturated rings. The van der Waals surface area contributed by atoms with Crippen LogP contribution in [0.15, 0.2) is 121 Å². The summed E-state index contributed by atoms with van der Waals surface area (Å²) in [5.74, 6) is -0.349. The van der Waals surface area contributed by atoms with E-state index in [1.54, 1.807) is 42.9 Å². The Bertz CT molecular complexity index is 1560. The Morgan fingerprint density at radius 3 is 2.11 bits per heavy atom. The minimum Gasteiger partial charge on any atom is -0.309 e. The molecule has 0 spiro atoms. The summed E-state index contributed by atoms with van der Waals surface area (Å²) in [6, 6.07) is 31.3. The first-order chi connectivity index (χ1) is 18.1. The van der Waals surface area contributed by atoms with E-state index in [1.807, 2.05) is 71.3 Å². The number of non-ortho nitro benzene ring substituents is 1. The van der Waals surface area contributed by atoms with Gasteiger partial charge >= 0.3 is 0 Å². The van der Waals surface area contributed by atoms with E-state index in [2.05, 4.69) is 15.5 Å². The van der Waals surface area contributed by atoms with Gasteiger partial charge in [0.1, 0.15) is 0 Å². The monoisotopic (exact) mass is 487 g/mol. The third-order valence-electron chi connectivity index (χ3n) is 5.78. The topological polar surface area (TPSA) is 102 Å². The van der Waals surface area contributed by atoms with Crippen LogP contribution in [0.25, 0.3) is 28.2 Å². The van der Waals surface area contributed by atoms with E-state index in [-0.39, 0.29) is 11.6 Å².